The molecule has 0 amide bonds. The van der Waals surface area contributed by atoms with Crippen LogP contribution in [0.4, 0.5) is 0 Å². The normalized spacial score (nSPS) is 12.6. The van der Waals surface area contributed by atoms with E-state index in [1.807, 2.05) is 6.07 Å². The predicted octanol–water partition coefficient (Wildman–Crippen LogP) is 4.12. The number of nitrogens with one attached hydrogen (secondary N) is 1. The van der Waals surface area contributed by atoms with E-state index in [1.54, 1.807) is 0 Å². The summed E-state index contributed by atoms with van der Waals surface area (Å²) >= 11 is 3.59. The largest absolute Gasteiger partial charge is 0.354 e. The summed E-state index contributed by atoms with van der Waals surface area (Å²) in [5.41, 5.74) is 2.63. The van der Waals surface area contributed by atoms with Crippen LogP contribution in [-0.2, 0) is 13.1 Å². The highest BCUT2D eigenvalue weighted by atomic mass is 79.9. The molecule has 0 unspecified atom stereocenters. The van der Waals surface area contributed by atoms with E-state index in [-0.39, 0.29) is 0 Å². The van der Waals surface area contributed by atoms with Gasteiger partial charge in [-0.05, 0) is 37.1 Å². The summed E-state index contributed by atoms with van der Waals surface area (Å²) in [6.45, 7) is 6.27. The van der Waals surface area contributed by atoms with Crippen molar-refractivity contribution in [2.45, 2.75) is 33.0 Å². The number of hydrogen-bond acceptors (Lipinski definition) is 1. The van der Waals surface area contributed by atoms with Crippen LogP contribution < -0.4 is 5.32 Å². The molecule has 0 spiro atoms. The van der Waals surface area contributed by atoms with Gasteiger partial charge in [-0.15, -0.1) is 0 Å². The monoisotopic (exact) mass is 306 g/mol. The van der Waals surface area contributed by atoms with Crippen LogP contribution in [0.1, 0.15) is 31.0 Å². The predicted molar refractivity (Wildman–Crippen MR) is 79.5 cm³/mol. The second kappa shape index (κ2) is 6.21. The Morgan fingerprint density at radius 2 is 2.06 bits per heavy atom. The molecule has 2 aromatic rings. The van der Waals surface area contributed by atoms with E-state index in [1.165, 1.54) is 11.1 Å². The molecule has 18 heavy (non-hydrogen) atoms. The van der Waals surface area contributed by atoms with E-state index in [0.29, 0.717) is 6.04 Å². The van der Waals surface area contributed by atoms with Crippen molar-refractivity contribution in [2.24, 2.45) is 0 Å². The van der Waals surface area contributed by atoms with Gasteiger partial charge in [0, 0.05) is 36.0 Å². The van der Waals surface area contributed by atoms with Crippen molar-refractivity contribution in [3.05, 3.63) is 58.3 Å². The standard InChI is InChI=1S/C15H19BrN2/c1-3-18-9-8-13(11-18)10-17-12(2)14-6-4-5-7-15(14)16/h4-9,11-12,17H,3,10H2,1-2H3/t12-/m0/s1. The molecule has 2 nitrogen and oxygen atoms in total. The van der Waals surface area contributed by atoms with Crippen molar-refractivity contribution in [3.63, 3.8) is 0 Å². The van der Waals surface area contributed by atoms with Gasteiger partial charge in [0.15, 0.2) is 0 Å². The first-order valence-corrected chi connectivity index (χ1v) is 7.12. The lowest BCUT2D eigenvalue weighted by Gasteiger charge is -2.15. The summed E-state index contributed by atoms with van der Waals surface area (Å²) in [6.07, 6.45) is 4.32. The van der Waals surface area contributed by atoms with Crippen molar-refractivity contribution in [3.8, 4) is 0 Å². The molecule has 1 heterocycles. The topological polar surface area (TPSA) is 17.0 Å². The van der Waals surface area contributed by atoms with Gasteiger partial charge in [0.25, 0.3) is 0 Å². The summed E-state index contributed by atoms with van der Waals surface area (Å²) in [6, 6.07) is 10.9. The van der Waals surface area contributed by atoms with Crippen LogP contribution in [0, 0.1) is 0 Å². The van der Waals surface area contributed by atoms with Crippen molar-refractivity contribution >= 4 is 15.9 Å². The van der Waals surface area contributed by atoms with Crippen LogP contribution in [0.3, 0.4) is 0 Å². The molecule has 2 rings (SSSR count). The van der Waals surface area contributed by atoms with E-state index in [9.17, 15) is 0 Å². The molecule has 96 valence electrons. The van der Waals surface area contributed by atoms with E-state index in [2.05, 4.69) is 76.3 Å². The molecule has 1 aromatic heterocycles. The first-order chi connectivity index (χ1) is 8.70. The van der Waals surface area contributed by atoms with Crippen molar-refractivity contribution < 1.29 is 0 Å². The molecule has 0 aliphatic heterocycles. The highest BCUT2D eigenvalue weighted by Crippen LogP contribution is 2.22. The van der Waals surface area contributed by atoms with Gasteiger partial charge in [-0.25, -0.2) is 0 Å². The number of nitrogens with zero attached hydrogens (tertiary/aromatic N) is 1. The van der Waals surface area contributed by atoms with Gasteiger partial charge in [0.05, 0.1) is 0 Å². The lowest BCUT2D eigenvalue weighted by atomic mass is 10.1. The highest BCUT2D eigenvalue weighted by molar-refractivity contribution is 9.10. The number of benzene rings is 1. The zero-order chi connectivity index (χ0) is 13.0. The number of aromatic nitrogens is 1. The third-order valence-electron chi connectivity index (χ3n) is 3.16. The van der Waals surface area contributed by atoms with Crippen LogP contribution in [0.15, 0.2) is 47.2 Å². The number of rotatable bonds is 5. The third kappa shape index (κ3) is 3.24. The molecule has 0 fully saturated rings. The van der Waals surface area contributed by atoms with Gasteiger partial charge in [-0.2, -0.15) is 0 Å². The quantitative estimate of drug-likeness (QED) is 0.879. The maximum atomic E-state index is 3.59. The number of hydrogen-bond donors (Lipinski definition) is 1. The fourth-order valence-electron chi connectivity index (χ4n) is 2.00. The summed E-state index contributed by atoms with van der Waals surface area (Å²) in [4.78, 5) is 0. The maximum Gasteiger partial charge on any atom is 0.0306 e. The summed E-state index contributed by atoms with van der Waals surface area (Å²) in [5, 5.41) is 3.55. The summed E-state index contributed by atoms with van der Waals surface area (Å²) in [5.74, 6) is 0. The van der Waals surface area contributed by atoms with Crippen LogP contribution in [0.2, 0.25) is 0 Å². The van der Waals surface area contributed by atoms with Gasteiger partial charge in [-0.3, -0.25) is 0 Å². The van der Waals surface area contributed by atoms with E-state index in [0.717, 1.165) is 17.6 Å². The van der Waals surface area contributed by atoms with E-state index >= 15 is 0 Å². The van der Waals surface area contributed by atoms with Crippen LogP contribution in [0.25, 0.3) is 0 Å². The lowest BCUT2D eigenvalue weighted by Crippen LogP contribution is -2.18. The molecular weight excluding hydrogens is 288 g/mol. The molecule has 1 atom stereocenters. The second-order valence-electron chi connectivity index (χ2n) is 4.47. The molecule has 0 saturated heterocycles. The lowest BCUT2D eigenvalue weighted by molar-refractivity contribution is 0.572. The smallest absolute Gasteiger partial charge is 0.0306 e. The van der Waals surface area contributed by atoms with Crippen LogP contribution in [0.5, 0.6) is 0 Å². The number of halogens is 1. The molecule has 0 radical (unpaired) electrons. The zero-order valence-corrected chi connectivity index (χ0v) is 12.4. The minimum Gasteiger partial charge on any atom is -0.354 e. The first kappa shape index (κ1) is 13.4. The van der Waals surface area contributed by atoms with Crippen molar-refractivity contribution in [1.29, 1.82) is 0 Å². The summed E-state index contributed by atoms with van der Waals surface area (Å²) < 4.78 is 3.36. The molecule has 1 aromatic carbocycles. The van der Waals surface area contributed by atoms with Gasteiger partial charge in [0.2, 0.25) is 0 Å². The Morgan fingerprint density at radius 1 is 1.28 bits per heavy atom. The summed E-state index contributed by atoms with van der Waals surface area (Å²) in [7, 11) is 0. The average molecular weight is 307 g/mol. The van der Waals surface area contributed by atoms with Gasteiger partial charge in [-0.1, -0.05) is 34.1 Å². The Hall–Kier alpha value is -1.06. The Bertz CT molecular complexity index is 505. The molecule has 0 bridgehead atoms. The second-order valence-corrected chi connectivity index (χ2v) is 5.33. The van der Waals surface area contributed by atoms with E-state index < -0.39 is 0 Å². The molecule has 3 heteroatoms. The maximum absolute atomic E-state index is 3.59. The van der Waals surface area contributed by atoms with Crippen LogP contribution >= 0.6 is 15.9 Å². The fraction of sp³-hybridized carbons (Fsp3) is 0.333. The molecule has 0 saturated carbocycles. The zero-order valence-electron chi connectivity index (χ0n) is 10.9. The van der Waals surface area contributed by atoms with Crippen LogP contribution in [-0.4, -0.2) is 4.57 Å². The van der Waals surface area contributed by atoms with E-state index in [4.69, 9.17) is 0 Å². The first-order valence-electron chi connectivity index (χ1n) is 6.33. The van der Waals surface area contributed by atoms with Gasteiger partial charge < -0.3 is 9.88 Å². The van der Waals surface area contributed by atoms with Gasteiger partial charge in [0.1, 0.15) is 0 Å². The minimum atomic E-state index is 0.338. The number of aryl methyl sites for hydroxylation is 1. The third-order valence-corrected chi connectivity index (χ3v) is 3.88. The average Bonchev–Trinajstić information content (AvgIpc) is 2.84. The van der Waals surface area contributed by atoms with Crippen molar-refractivity contribution in [2.75, 3.05) is 0 Å². The SMILES string of the molecule is CCn1ccc(CN[C@@H](C)c2ccccc2Br)c1. The Labute approximate surface area is 117 Å². The highest BCUT2D eigenvalue weighted by Gasteiger charge is 2.08. The Kier molecular flexibility index (Phi) is 4.61. The Morgan fingerprint density at radius 3 is 2.72 bits per heavy atom. The molecule has 1 N–H and O–H groups in total. The Balaban J connectivity index is 1.96. The molecule has 0 aliphatic rings. The molecule has 0 aliphatic carbocycles. The van der Waals surface area contributed by atoms with Gasteiger partial charge >= 0.3 is 0 Å². The molecular formula is C15H19BrN2. The minimum absolute atomic E-state index is 0.338. The van der Waals surface area contributed by atoms with Crippen molar-refractivity contribution in [1.82, 2.24) is 9.88 Å². The fourth-order valence-corrected chi connectivity index (χ4v) is 2.63.